The number of nitrogens with zero attached hydrogens (tertiary/aromatic N) is 2. The molecule has 0 spiro atoms. The van der Waals surface area contributed by atoms with Crippen molar-refractivity contribution in [3.05, 3.63) is 24.3 Å². The van der Waals surface area contributed by atoms with Crippen molar-refractivity contribution < 1.29 is 4.79 Å². The van der Waals surface area contributed by atoms with Crippen LogP contribution < -0.4 is 5.32 Å². The second-order valence-electron chi connectivity index (χ2n) is 5.25. The van der Waals surface area contributed by atoms with Crippen molar-refractivity contribution in [2.24, 2.45) is 13.0 Å². The average molecular weight is 301 g/mol. The van der Waals surface area contributed by atoms with E-state index in [0.29, 0.717) is 5.82 Å². The summed E-state index contributed by atoms with van der Waals surface area (Å²) in [6, 6.07) is 8.27. The molecule has 5 heteroatoms. The van der Waals surface area contributed by atoms with Gasteiger partial charge < -0.3 is 5.32 Å². The number of rotatable bonds is 4. The third kappa shape index (κ3) is 2.31. The van der Waals surface area contributed by atoms with E-state index in [2.05, 4.69) is 22.5 Å². The number of carbonyl (C=O) groups excluding carboxylic acids is 1. The number of hydrogen-bond acceptors (Lipinski definition) is 3. The van der Waals surface area contributed by atoms with Gasteiger partial charge in [0.25, 0.3) is 0 Å². The van der Waals surface area contributed by atoms with Gasteiger partial charge in [-0.1, -0.05) is 32.0 Å². The zero-order chi connectivity index (χ0) is 15.0. The maximum Gasteiger partial charge on any atom is 0.228 e. The van der Waals surface area contributed by atoms with Gasteiger partial charge in [-0.3, -0.25) is 9.48 Å². The van der Waals surface area contributed by atoms with Crippen LogP contribution in [0.25, 0.3) is 20.3 Å². The first-order valence-corrected chi connectivity index (χ1v) is 8.12. The van der Waals surface area contributed by atoms with E-state index in [1.165, 1.54) is 10.1 Å². The lowest BCUT2D eigenvalue weighted by Crippen LogP contribution is -2.22. The summed E-state index contributed by atoms with van der Waals surface area (Å²) < 4.78 is 4.13. The molecule has 0 radical (unpaired) electrons. The number of amides is 1. The zero-order valence-corrected chi connectivity index (χ0v) is 13.3. The molecule has 0 aliphatic carbocycles. The van der Waals surface area contributed by atoms with Gasteiger partial charge in [-0.25, -0.2) is 0 Å². The van der Waals surface area contributed by atoms with Crippen LogP contribution in [0.1, 0.15) is 26.7 Å². The zero-order valence-electron chi connectivity index (χ0n) is 12.5. The molecule has 0 atom stereocenters. The highest BCUT2D eigenvalue weighted by Crippen LogP contribution is 2.37. The number of fused-ring (bicyclic) bond motifs is 3. The Balaban J connectivity index is 2.05. The highest BCUT2D eigenvalue weighted by Gasteiger charge is 2.20. The maximum atomic E-state index is 12.3. The summed E-state index contributed by atoms with van der Waals surface area (Å²) in [4.78, 5) is 12.3. The molecule has 0 saturated heterocycles. The van der Waals surface area contributed by atoms with Crippen molar-refractivity contribution in [1.29, 1.82) is 0 Å². The molecule has 1 amide bonds. The van der Waals surface area contributed by atoms with Gasteiger partial charge >= 0.3 is 0 Å². The largest absolute Gasteiger partial charge is 0.308 e. The van der Waals surface area contributed by atoms with E-state index in [4.69, 9.17) is 0 Å². The van der Waals surface area contributed by atoms with Crippen LogP contribution in [0.2, 0.25) is 0 Å². The second kappa shape index (κ2) is 5.48. The SMILES string of the molecule is CCC(CC)C(=O)Nc1nn(C)c2c1sc1ccccc12. The van der Waals surface area contributed by atoms with Gasteiger partial charge in [0.05, 0.1) is 10.2 Å². The summed E-state index contributed by atoms with van der Waals surface area (Å²) in [5, 5.41) is 8.68. The van der Waals surface area contributed by atoms with Crippen LogP contribution in [-0.4, -0.2) is 15.7 Å². The minimum absolute atomic E-state index is 0.0523. The minimum Gasteiger partial charge on any atom is -0.308 e. The van der Waals surface area contributed by atoms with Gasteiger partial charge in [-0.2, -0.15) is 5.10 Å². The van der Waals surface area contributed by atoms with Crippen molar-refractivity contribution in [3.8, 4) is 0 Å². The number of aromatic nitrogens is 2. The third-order valence-electron chi connectivity index (χ3n) is 3.96. The van der Waals surface area contributed by atoms with Crippen molar-refractivity contribution in [2.75, 3.05) is 5.32 Å². The highest BCUT2D eigenvalue weighted by atomic mass is 32.1. The Morgan fingerprint density at radius 2 is 2.05 bits per heavy atom. The first-order chi connectivity index (χ1) is 10.2. The molecule has 21 heavy (non-hydrogen) atoms. The monoisotopic (exact) mass is 301 g/mol. The second-order valence-corrected chi connectivity index (χ2v) is 6.30. The summed E-state index contributed by atoms with van der Waals surface area (Å²) >= 11 is 1.68. The van der Waals surface area contributed by atoms with Gasteiger partial charge in [0, 0.05) is 23.1 Å². The normalized spacial score (nSPS) is 11.6. The van der Waals surface area contributed by atoms with Gasteiger partial charge in [-0.05, 0) is 18.9 Å². The molecular weight excluding hydrogens is 282 g/mol. The lowest BCUT2D eigenvalue weighted by Gasteiger charge is -2.10. The predicted molar refractivity (Wildman–Crippen MR) is 88.8 cm³/mol. The molecule has 110 valence electrons. The Labute approximate surface area is 127 Å². The van der Waals surface area contributed by atoms with Crippen molar-refractivity contribution in [3.63, 3.8) is 0 Å². The first kappa shape index (κ1) is 14.1. The van der Waals surface area contributed by atoms with Crippen LogP contribution in [-0.2, 0) is 11.8 Å². The van der Waals surface area contributed by atoms with E-state index in [9.17, 15) is 4.79 Å². The van der Waals surface area contributed by atoms with Gasteiger partial charge in [-0.15, -0.1) is 11.3 Å². The summed E-state index contributed by atoms with van der Waals surface area (Å²) in [6.45, 7) is 4.09. The van der Waals surface area contributed by atoms with E-state index in [1.807, 2.05) is 37.7 Å². The fourth-order valence-electron chi connectivity index (χ4n) is 2.72. The number of hydrogen-bond donors (Lipinski definition) is 1. The molecule has 0 aliphatic heterocycles. The fraction of sp³-hybridized carbons (Fsp3) is 0.375. The van der Waals surface area contributed by atoms with Crippen molar-refractivity contribution >= 4 is 43.4 Å². The minimum atomic E-state index is 0.0523. The molecule has 1 N–H and O–H groups in total. The average Bonchev–Trinajstić information content (AvgIpc) is 2.99. The highest BCUT2D eigenvalue weighted by molar-refractivity contribution is 7.26. The number of anilines is 1. The molecule has 3 rings (SSSR count). The molecule has 0 bridgehead atoms. The fourth-order valence-corrected chi connectivity index (χ4v) is 3.89. The molecule has 0 unspecified atom stereocenters. The lowest BCUT2D eigenvalue weighted by atomic mass is 10.0. The van der Waals surface area contributed by atoms with Gasteiger partial charge in [0.2, 0.25) is 5.91 Å². The Hall–Kier alpha value is -1.88. The molecule has 0 saturated carbocycles. The molecular formula is C16H19N3OS. The lowest BCUT2D eigenvalue weighted by molar-refractivity contribution is -0.120. The van der Waals surface area contributed by atoms with Crippen LogP contribution >= 0.6 is 11.3 Å². The van der Waals surface area contributed by atoms with Crippen LogP contribution in [0.4, 0.5) is 5.82 Å². The van der Waals surface area contributed by atoms with E-state index in [1.54, 1.807) is 11.3 Å². The summed E-state index contributed by atoms with van der Waals surface area (Å²) in [5.41, 5.74) is 1.09. The van der Waals surface area contributed by atoms with Crippen LogP contribution in [0.5, 0.6) is 0 Å². The van der Waals surface area contributed by atoms with Crippen LogP contribution in [0, 0.1) is 5.92 Å². The van der Waals surface area contributed by atoms with E-state index >= 15 is 0 Å². The Bertz CT molecular complexity index is 798. The van der Waals surface area contributed by atoms with Crippen molar-refractivity contribution in [2.45, 2.75) is 26.7 Å². The number of carbonyl (C=O) groups is 1. The molecule has 4 nitrogen and oxygen atoms in total. The molecule has 1 aromatic carbocycles. The summed E-state index contributed by atoms with van der Waals surface area (Å²) in [7, 11) is 1.92. The van der Waals surface area contributed by atoms with E-state index < -0.39 is 0 Å². The van der Waals surface area contributed by atoms with Gasteiger partial charge in [0.15, 0.2) is 5.82 Å². The number of thiophene rings is 1. The smallest absolute Gasteiger partial charge is 0.228 e. The Morgan fingerprint density at radius 3 is 2.76 bits per heavy atom. The molecule has 3 aromatic rings. The first-order valence-electron chi connectivity index (χ1n) is 7.30. The molecule has 2 aromatic heterocycles. The Kier molecular flexibility index (Phi) is 3.68. The molecule has 0 fully saturated rings. The summed E-state index contributed by atoms with van der Waals surface area (Å²) in [5.74, 6) is 0.805. The number of nitrogens with one attached hydrogen (secondary N) is 1. The molecule has 2 heterocycles. The summed E-state index contributed by atoms with van der Waals surface area (Å²) in [6.07, 6.45) is 1.70. The van der Waals surface area contributed by atoms with E-state index in [0.717, 1.165) is 23.1 Å². The number of aryl methyl sites for hydroxylation is 1. The van der Waals surface area contributed by atoms with Crippen molar-refractivity contribution in [1.82, 2.24) is 9.78 Å². The van der Waals surface area contributed by atoms with Crippen LogP contribution in [0.15, 0.2) is 24.3 Å². The standard InChI is InChI=1S/C16H19N3OS/c1-4-10(5-2)16(20)17-15-14-13(19(3)18-15)11-8-6-7-9-12(11)21-14/h6-10H,4-5H2,1-3H3,(H,17,18,20). The van der Waals surface area contributed by atoms with Gasteiger partial charge in [0.1, 0.15) is 0 Å². The predicted octanol–water partition coefficient (Wildman–Crippen LogP) is 4.16. The third-order valence-corrected chi connectivity index (χ3v) is 5.12. The Morgan fingerprint density at radius 1 is 1.33 bits per heavy atom. The molecule has 0 aliphatic rings. The quantitative estimate of drug-likeness (QED) is 0.786. The van der Waals surface area contributed by atoms with E-state index in [-0.39, 0.29) is 11.8 Å². The maximum absolute atomic E-state index is 12.3. The number of benzene rings is 1. The topological polar surface area (TPSA) is 46.9 Å². The van der Waals surface area contributed by atoms with Crippen LogP contribution in [0.3, 0.4) is 0 Å².